The van der Waals surface area contributed by atoms with E-state index in [1.165, 1.54) is 30.3 Å². The van der Waals surface area contributed by atoms with Crippen LogP contribution in [-0.4, -0.2) is 30.2 Å². The molecule has 34 heavy (non-hydrogen) atoms. The Bertz CT molecular complexity index is 901. The van der Waals surface area contributed by atoms with Gasteiger partial charge in [-0.1, -0.05) is 25.1 Å². The summed E-state index contributed by atoms with van der Waals surface area (Å²) in [6, 6.07) is 9.18. The molecule has 2 aromatic carbocycles. The average Bonchev–Trinajstić information content (AvgIpc) is 2.74. The average molecular weight is 516 g/mol. The normalized spacial score (nSPS) is 13.7. The number of rotatable bonds is 11. The first kappa shape index (κ1) is 29.9. The first-order chi connectivity index (χ1) is 15.3. The van der Waals surface area contributed by atoms with Gasteiger partial charge in [-0.15, -0.1) is 25.6 Å². The van der Waals surface area contributed by atoms with E-state index in [2.05, 4.69) is 4.74 Å². The van der Waals surface area contributed by atoms with E-state index in [0.29, 0.717) is 30.4 Å². The summed E-state index contributed by atoms with van der Waals surface area (Å²) in [6.45, 7) is 1.48. The molecule has 2 rings (SSSR count). The monoisotopic (exact) mass is 515 g/mol. The van der Waals surface area contributed by atoms with Crippen LogP contribution < -0.4 is 15.2 Å². The largest absolute Gasteiger partial charge is 0.573 e. The smallest absolute Gasteiger partial charge is 0.493 e. The van der Waals surface area contributed by atoms with Gasteiger partial charge in [-0.05, 0) is 67.5 Å². The fourth-order valence-corrected chi connectivity index (χ4v) is 3.20. The highest BCUT2D eigenvalue weighted by Crippen LogP contribution is 2.37. The zero-order valence-corrected chi connectivity index (χ0v) is 19.3. The molecule has 1 atom stereocenters. The van der Waals surface area contributed by atoms with Gasteiger partial charge in [-0.25, -0.2) is 0 Å². The molecule has 0 aliphatic carbocycles. The summed E-state index contributed by atoms with van der Waals surface area (Å²) >= 11 is 0. The summed E-state index contributed by atoms with van der Waals surface area (Å²) in [4.78, 5) is 0. The van der Waals surface area contributed by atoms with Crippen molar-refractivity contribution < 1.29 is 40.9 Å². The summed E-state index contributed by atoms with van der Waals surface area (Å²) in [6.07, 6.45) is -7.76. The predicted molar refractivity (Wildman–Crippen MR) is 118 cm³/mol. The van der Waals surface area contributed by atoms with Gasteiger partial charge in [-0.2, -0.15) is 13.2 Å². The third-order valence-corrected chi connectivity index (χ3v) is 5.28. The molecule has 0 saturated heterocycles. The molecule has 0 aliphatic rings. The minimum atomic E-state index is -4.80. The summed E-state index contributed by atoms with van der Waals surface area (Å²) in [7, 11) is 0. The van der Waals surface area contributed by atoms with E-state index in [4.69, 9.17) is 10.5 Å². The molecule has 0 radical (unpaired) electrons. The van der Waals surface area contributed by atoms with Crippen molar-refractivity contribution >= 4 is 12.4 Å². The molecule has 11 heteroatoms. The molecule has 0 aromatic heterocycles. The van der Waals surface area contributed by atoms with E-state index >= 15 is 0 Å². The molecule has 0 saturated carbocycles. The van der Waals surface area contributed by atoms with Crippen LogP contribution in [0.4, 0.5) is 26.3 Å². The minimum Gasteiger partial charge on any atom is -0.493 e. The Morgan fingerprint density at radius 1 is 0.941 bits per heavy atom. The highest BCUT2D eigenvalue weighted by atomic mass is 35.5. The summed E-state index contributed by atoms with van der Waals surface area (Å²) < 4.78 is 86.8. The van der Waals surface area contributed by atoms with Gasteiger partial charge in [0.05, 0.1) is 18.8 Å². The molecular weight excluding hydrogens is 488 g/mol. The Kier molecular flexibility index (Phi) is 11.0. The SMILES string of the molecule is CCC(N)(CO)CCc1ccc(OCCCc2cccc(OC(F)(F)F)c2)c(C(F)(F)F)c1.Cl. The van der Waals surface area contributed by atoms with Gasteiger partial charge in [0, 0.05) is 5.54 Å². The Morgan fingerprint density at radius 2 is 1.62 bits per heavy atom. The van der Waals surface area contributed by atoms with E-state index < -0.39 is 23.6 Å². The Morgan fingerprint density at radius 3 is 2.21 bits per heavy atom. The number of ether oxygens (including phenoxy) is 2. The van der Waals surface area contributed by atoms with Crippen molar-refractivity contribution in [3.8, 4) is 11.5 Å². The molecular formula is C23H28ClF6NO3. The van der Waals surface area contributed by atoms with E-state index in [1.54, 1.807) is 13.0 Å². The molecule has 4 nitrogen and oxygen atoms in total. The lowest BCUT2D eigenvalue weighted by Gasteiger charge is -2.25. The number of hydrogen-bond donors (Lipinski definition) is 2. The number of hydrogen-bond acceptors (Lipinski definition) is 4. The van der Waals surface area contributed by atoms with E-state index in [0.717, 1.165) is 6.07 Å². The van der Waals surface area contributed by atoms with Crippen molar-refractivity contribution in [1.29, 1.82) is 0 Å². The third kappa shape index (κ3) is 9.60. The zero-order valence-electron chi connectivity index (χ0n) is 18.5. The Balaban J connectivity index is 0.00000578. The molecule has 0 spiro atoms. The lowest BCUT2D eigenvalue weighted by atomic mass is 9.90. The van der Waals surface area contributed by atoms with Crippen LogP contribution in [0.5, 0.6) is 11.5 Å². The number of alkyl halides is 6. The van der Waals surface area contributed by atoms with E-state index in [9.17, 15) is 31.4 Å². The van der Waals surface area contributed by atoms with Crippen LogP contribution in [-0.2, 0) is 19.0 Å². The van der Waals surface area contributed by atoms with Gasteiger partial charge in [0.15, 0.2) is 0 Å². The Labute approximate surface area is 200 Å². The van der Waals surface area contributed by atoms with Crippen molar-refractivity contribution in [2.45, 2.75) is 57.1 Å². The third-order valence-electron chi connectivity index (χ3n) is 5.28. The molecule has 0 amide bonds. The fraction of sp³-hybridized carbons (Fsp3) is 0.478. The van der Waals surface area contributed by atoms with Gasteiger partial charge in [-0.3, -0.25) is 0 Å². The lowest BCUT2D eigenvalue weighted by molar-refractivity contribution is -0.274. The molecule has 3 N–H and O–H groups in total. The molecule has 0 fully saturated rings. The van der Waals surface area contributed by atoms with Crippen molar-refractivity contribution in [2.24, 2.45) is 5.73 Å². The molecule has 2 aromatic rings. The van der Waals surface area contributed by atoms with E-state index in [1.807, 2.05) is 0 Å². The molecule has 0 bridgehead atoms. The number of halogens is 7. The van der Waals surface area contributed by atoms with Crippen molar-refractivity contribution in [3.63, 3.8) is 0 Å². The highest BCUT2D eigenvalue weighted by molar-refractivity contribution is 5.85. The van der Waals surface area contributed by atoms with Gasteiger partial charge in [0.25, 0.3) is 0 Å². The van der Waals surface area contributed by atoms with Crippen molar-refractivity contribution in [1.82, 2.24) is 0 Å². The highest BCUT2D eigenvalue weighted by Gasteiger charge is 2.35. The second-order valence-electron chi connectivity index (χ2n) is 7.85. The number of aryl methyl sites for hydroxylation is 2. The maximum absolute atomic E-state index is 13.5. The van der Waals surface area contributed by atoms with Crippen LogP contribution in [0.25, 0.3) is 0 Å². The number of nitrogens with two attached hydrogens (primary N) is 1. The molecule has 0 aliphatic heterocycles. The van der Waals surface area contributed by atoms with Crippen LogP contribution in [0.3, 0.4) is 0 Å². The first-order valence-electron chi connectivity index (χ1n) is 10.4. The minimum absolute atomic E-state index is 0. The maximum atomic E-state index is 13.5. The van der Waals surface area contributed by atoms with Gasteiger partial charge >= 0.3 is 12.5 Å². The summed E-state index contributed by atoms with van der Waals surface area (Å²) in [5.41, 5.74) is 5.20. The first-order valence-corrected chi connectivity index (χ1v) is 10.4. The summed E-state index contributed by atoms with van der Waals surface area (Å²) in [5, 5.41) is 9.38. The van der Waals surface area contributed by atoms with Gasteiger partial charge in [0.2, 0.25) is 0 Å². The maximum Gasteiger partial charge on any atom is 0.573 e. The van der Waals surface area contributed by atoms with Crippen molar-refractivity contribution in [2.75, 3.05) is 13.2 Å². The fourth-order valence-electron chi connectivity index (χ4n) is 3.20. The number of aliphatic hydroxyl groups excluding tert-OH is 1. The topological polar surface area (TPSA) is 64.7 Å². The standard InChI is InChI=1S/C23H27F6NO3.ClH/c1-2-21(30,15-31)11-10-17-8-9-20(19(14-17)22(24,25)26)32-12-4-6-16-5-3-7-18(13-16)33-23(27,28)29;/h3,5,7-9,13-14,31H,2,4,6,10-12,15,30H2,1H3;1H. The van der Waals surface area contributed by atoms with Crippen LogP contribution in [0.2, 0.25) is 0 Å². The van der Waals surface area contributed by atoms with Crippen molar-refractivity contribution in [3.05, 3.63) is 59.2 Å². The quantitative estimate of drug-likeness (QED) is 0.282. The van der Waals surface area contributed by atoms with Gasteiger partial charge < -0.3 is 20.3 Å². The van der Waals surface area contributed by atoms with Gasteiger partial charge in [0.1, 0.15) is 11.5 Å². The molecule has 192 valence electrons. The predicted octanol–water partition coefficient (Wildman–Crippen LogP) is 6.07. The van der Waals surface area contributed by atoms with Crippen LogP contribution in [0.15, 0.2) is 42.5 Å². The second kappa shape index (κ2) is 12.5. The van der Waals surface area contributed by atoms with Crippen LogP contribution in [0, 0.1) is 0 Å². The second-order valence-corrected chi connectivity index (χ2v) is 7.85. The Hall–Kier alpha value is -2.17. The molecule has 0 heterocycles. The van der Waals surface area contributed by atoms with Crippen LogP contribution in [0.1, 0.15) is 42.9 Å². The van der Waals surface area contributed by atoms with E-state index in [-0.39, 0.29) is 50.0 Å². The van der Waals surface area contributed by atoms with Crippen LogP contribution >= 0.6 is 12.4 Å². The molecule has 1 unspecified atom stereocenters. The number of aliphatic hydroxyl groups is 1. The number of benzene rings is 2. The zero-order chi connectivity index (χ0) is 24.7. The summed E-state index contributed by atoms with van der Waals surface area (Å²) in [5.74, 6) is -0.682. The lowest BCUT2D eigenvalue weighted by Crippen LogP contribution is -2.43.